The molecule has 2 heteroatoms. The highest BCUT2D eigenvalue weighted by Gasteiger charge is 2.11. The molecule has 1 heterocycles. The highest BCUT2D eigenvalue weighted by molar-refractivity contribution is 5.67. The third-order valence-electron chi connectivity index (χ3n) is 3.90. The normalized spacial score (nSPS) is 16.2. The summed E-state index contributed by atoms with van der Waals surface area (Å²) in [4.78, 5) is 2.49. The molecule has 1 aliphatic rings. The Morgan fingerprint density at radius 3 is 2.35 bits per heavy atom. The van der Waals surface area contributed by atoms with Crippen LogP contribution in [-0.2, 0) is 11.2 Å². The number of hydrogen-bond acceptors (Lipinski definition) is 2. The van der Waals surface area contributed by atoms with E-state index < -0.39 is 0 Å². The van der Waals surface area contributed by atoms with E-state index in [1.807, 2.05) is 0 Å². The molecule has 1 saturated heterocycles. The van der Waals surface area contributed by atoms with Crippen LogP contribution in [0.5, 0.6) is 0 Å². The Balaban J connectivity index is 1.73. The molecule has 0 aromatic heterocycles. The van der Waals surface area contributed by atoms with Gasteiger partial charge in [-0.1, -0.05) is 54.6 Å². The van der Waals surface area contributed by atoms with Gasteiger partial charge in [0.1, 0.15) is 0 Å². The molecule has 3 rings (SSSR count). The molecule has 0 unspecified atom stereocenters. The second-order valence-electron chi connectivity index (χ2n) is 5.23. The van der Waals surface area contributed by atoms with Crippen molar-refractivity contribution in [3.05, 3.63) is 60.2 Å². The van der Waals surface area contributed by atoms with E-state index in [1.165, 1.54) is 16.7 Å². The molecule has 2 aromatic carbocycles. The molecule has 0 spiro atoms. The predicted molar refractivity (Wildman–Crippen MR) is 82.8 cm³/mol. The Bertz CT molecular complexity index is 532. The molecule has 0 bridgehead atoms. The Morgan fingerprint density at radius 1 is 0.850 bits per heavy atom. The van der Waals surface area contributed by atoms with Gasteiger partial charge >= 0.3 is 0 Å². The largest absolute Gasteiger partial charge is 0.379 e. The summed E-state index contributed by atoms with van der Waals surface area (Å²) in [6, 6.07) is 19.4. The van der Waals surface area contributed by atoms with Gasteiger partial charge in [0.15, 0.2) is 0 Å². The van der Waals surface area contributed by atoms with E-state index >= 15 is 0 Å². The van der Waals surface area contributed by atoms with Crippen molar-refractivity contribution >= 4 is 0 Å². The van der Waals surface area contributed by atoms with Gasteiger partial charge in [-0.3, -0.25) is 4.90 Å². The first-order chi connectivity index (χ1) is 9.93. The summed E-state index contributed by atoms with van der Waals surface area (Å²) < 4.78 is 5.40. The van der Waals surface area contributed by atoms with Crippen molar-refractivity contribution in [3.63, 3.8) is 0 Å². The van der Waals surface area contributed by atoms with E-state index in [0.717, 1.165) is 39.3 Å². The van der Waals surface area contributed by atoms with Crippen LogP contribution in [0, 0.1) is 0 Å². The van der Waals surface area contributed by atoms with Gasteiger partial charge in [-0.2, -0.15) is 0 Å². The third-order valence-corrected chi connectivity index (χ3v) is 3.90. The maximum Gasteiger partial charge on any atom is 0.0594 e. The van der Waals surface area contributed by atoms with Crippen LogP contribution in [0.2, 0.25) is 0 Å². The Morgan fingerprint density at radius 2 is 1.55 bits per heavy atom. The zero-order chi connectivity index (χ0) is 13.6. The average molecular weight is 267 g/mol. The molecule has 0 saturated carbocycles. The van der Waals surface area contributed by atoms with E-state index in [0.29, 0.717) is 0 Å². The fraction of sp³-hybridized carbons (Fsp3) is 0.333. The van der Waals surface area contributed by atoms with Crippen molar-refractivity contribution in [1.29, 1.82) is 0 Å². The summed E-state index contributed by atoms with van der Waals surface area (Å²) in [5, 5.41) is 0. The molecule has 0 radical (unpaired) electrons. The van der Waals surface area contributed by atoms with Gasteiger partial charge in [0.05, 0.1) is 13.2 Å². The van der Waals surface area contributed by atoms with Crippen LogP contribution in [-0.4, -0.2) is 37.7 Å². The van der Waals surface area contributed by atoms with Gasteiger partial charge in [0.25, 0.3) is 0 Å². The molecular weight excluding hydrogens is 246 g/mol. The quantitative estimate of drug-likeness (QED) is 0.843. The number of ether oxygens (including phenoxy) is 1. The lowest BCUT2D eigenvalue weighted by Crippen LogP contribution is -2.37. The Kier molecular flexibility index (Phi) is 4.46. The molecular formula is C18H21NO. The minimum absolute atomic E-state index is 0.875. The van der Waals surface area contributed by atoms with Crippen LogP contribution in [0.25, 0.3) is 11.1 Å². The van der Waals surface area contributed by atoms with E-state index in [9.17, 15) is 0 Å². The number of nitrogens with zero attached hydrogens (tertiary/aromatic N) is 1. The molecule has 0 aliphatic carbocycles. The van der Waals surface area contributed by atoms with Gasteiger partial charge in [0, 0.05) is 19.6 Å². The molecule has 0 N–H and O–H groups in total. The first-order valence-corrected chi connectivity index (χ1v) is 7.37. The van der Waals surface area contributed by atoms with Crippen LogP contribution in [0.15, 0.2) is 54.6 Å². The lowest BCUT2D eigenvalue weighted by molar-refractivity contribution is 0.0384. The molecule has 104 valence electrons. The van der Waals surface area contributed by atoms with E-state index in [1.54, 1.807) is 0 Å². The van der Waals surface area contributed by atoms with Crippen LogP contribution in [0.4, 0.5) is 0 Å². The summed E-state index contributed by atoms with van der Waals surface area (Å²) >= 11 is 0. The summed E-state index contributed by atoms with van der Waals surface area (Å²) in [5.74, 6) is 0. The number of rotatable bonds is 4. The summed E-state index contributed by atoms with van der Waals surface area (Å²) in [6.07, 6.45) is 1.10. The zero-order valence-corrected chi connectivity index (χ0v) is 11.8. The van der Waals surface area contributed by atoms with Gasteiger partial charge in [-0.25, -0.2) is 0 Å². The lowest BCUT2D eigenvalue weighted by atomic mass is 9.97. The Hall–Kier alpha value is -1.64. The smallest absolute Gasteiger partial charge is 0.0594 e. The second-order valence-corrected chi connectivity index (χ2v) is 5.23. The molecule has 20 heavy (non-hydrogen) atoms. The Labute approximate surface area is 121 Å². The molecule has 2 nitrogen and oxygen atoms in total. The highest BCUT2D eigenvalue weighted by Crippen LogP contribution is 2.23. The summed E-state index contributed by atoms with van der Waals surface area (Å²) in [7, 11) is 0. The minimum atomic E-state index is 0.875. The summed E-state index contributed by atoms with van der Waals surface area (Å²) in [5.41, 5.74) is 4.11. The van der Waals surface area contributed by atoms with Gasteiger partial charge in [-0.05, 0) is 23.1 Å². The number of morpholine rings is 1. The SMILES string of the molecule is c1ccc(-c2ccccc2CCN2CCOCC2)cc1. The van der Waals surface area contributed by atoms with Gasteiger partial charge in [0.2, 0.25) is 0 Å². The molecule has 2 aromatic rings. The molecule has 0 amide bonds. The molecule has 1 aliphatic heterocycles. The standard InChI is InChI=1S/C18H21NO/c1-2-6-16(7-3-1)18-9-5-4-8-17(18)10-11-19-12-14-20-15-13-19/h1-9H,10-15H2. The predicted octanol–water partition coefficient (Wildman–Crippen LogP) is 3.23. The van der Waals surface area contributed by atoms with Crippen molar-refractivity contribution < 1.29 is 4.74 Å². The third kappa shape index (κ3) is 3.27. The van der Waals surface area contributed by atoms with E-state index in [2.05, 4.69) is 59.5 Å². The molecule has 1 fully saturated rings. The van der Waals surface area contributed by atoms with Crippen molar-refractivity contribution in [2.75, 3.05) is 32.8 Å². The fourth-order valence-corrected chi connectivity index (χ4v) is 2.74. The van der Waals surface area contributed by atoms with Crippen LogP contribution < -0.4 is 0 Å². The van der Waals surface area contributed by atoms with E-state index in [-0.39, 0.29) is 0 Å². The highest BCUT2D eigenvalue weighted by atomic mass is 16.5. The first-order valence-electron chi connectivity index (χ1n) is 7.37. The van der Waals surface area contributed by atoms with E-state index in [4.69, 9.17) is 4.74 Å². The zero-order valence-electron chi connectivity index (χ0n) is 11.8. The van der Waals surface area contributed by atoms with Crippen LogP contribution >= 0.6 is 0 Å². The number of benzene rings is 2. The van der Waals surface area contributed by atoms with Gasteiger partial charge in [-0.15, -0.1) is 0 Å². The van der Waals surface area contributed by atoms with Crippen molar-refractivity contribution in [3.8, 4) is 11.1 Å². The second kappa shape index (κ2) is 6.69. The van der Waals surface area contributed by atoms with Crippen molar-refractivity contribution in [2.45, 2.75) is 6.42 Å². The maximum atomic E-state index is 5.40. The maximum absolute atomic E-state index is 5.40. The lowest BCUT2D eigenvalue weighted by Gasteiger charge is -2.26. The number of hydrogen-bond donors (Lipinski definition) is 0. The van der Waals surface area contributed by atoms with Crippen LogP contribution in [0.3, 0.4) is 0 Å². The fourth-order valence-electron chi connectivity index (χ4n) is 2.74. The molecule has 0 atom stereocenters. The average Bonchev–Trinajstić information content (AvgIpc) is 2.55. The monoisotopic (exact) mass is 267 g/mol. The summed E-state index contributed by atoms with van der Waals surface area (Å²) in [6.45, 7) is 4.99. The van der Waals surface area contributed by atoms with Crippen LogP contribution in [0.1, 0.15) is 5.56 Å². The first kappa shape index (κ1) is 13.3. The van der Waals surface area contributed by atoms with Crippen molar-refractivity contribution in [1.82, 2.24) is 4.90 Å². The topological polar surface area (TPSA) is 12.5 Å². The minimum Gasteiger partial charge on any atom is -0.379 e. The van der Waals surface area contributed by atoms with Gasteiger partial charge < -0.3 is 4.74 Å². The van der Waals surface area contributed by atoms with Crippen molar-refractivity contribution in [2.24, 2.45) is 0 Å².